The first kappa shape index (κ1) is 12.9. The Kier molecular flexibility index (Phi) is 4.13. The van der Waals surface area contributed by atoms with E-state index in [1.54, 1.807) is 6.20 Å². The molecule has 0 spiro atoms. The number of benzene rings is 1. The number of fused-ring (bicyclic) bond motifs is 1. The topological polar surface area (TPSA) is 43.4 Å². The molecule has 0 unspecified atom stereocenters. The number of para-hydroxylation sites is 1. The van der Waals surface area contributed by atoms with Gasteiger partial charge in [-0.3, -0.25) is 4.98 Å². The van der Waals surface area contributed by atoms with Crippen molar-refractivity contribution in [2.45, 2.75) is 19.5 Å². The zero-order chi connectivity index (χ0) is 13.6. The van der Waals surface area contributed by atoms with E-state index in [1.807, 2.05) is 24.4 Å². The third-order valence-electron chi connectivity index (χ3n) is 3.22. The molecule has 0 amide bonds. The standard InChI is InChI=1S/C16H18N2O2/c1-5-14(12-18-11-13-4-2-7-17-10-13)16-15(6-1)19-8-3-9-20-16/h1-2,4-7,10,18H,3,8-9,11-12H2. The summed E-state index contributed by atoms with van der Waals surface area (Å²) >= 11 is 0. The van der Waals surface area contributed by atoms with Gasteiger partial charge in [-0.15, -0.1) is 0 Å². The van der Waals surface area contributed by atoms with Crippen LogP contribution in [0.15, 0.2) is 42.7 Å². The van der Waals surface area contributed by atoms with Gasteiger partial charge in [0.1, 0.15) is 0 Å². The summed E-state index contributed by atoms with van der Waals surface area (Å²) in [4.78, 5) is 4.11. The third kappa shape index (κ3) is 3.08. The molecule has 104 valence electrons. The molecule has 0 fully saturated rings. The van der Waals surface area contributed by atoms with Crippen LogP contribution < -0.4 is 14.8 Å². The van der Waals surface area contributed by atoms with E-state index in [4.69, 9.17) is 9.47 Å². The summed E-state index contributed by atoms with van der Waals surface area (Å²) in [6, 6.07) is 10.1. The van der Waals surface area contributed by atoms with Gasteiger partial charge in [0, 0.05) is 37.5 Å². The van der Waals surface area contributed by atoms with Crippen molar-refractivity contribution in [2.24, 2.45) is 0 Å². The molecule has 1 aliphatic heterocycles. The highest BCUT2D eigenvalue weighted by molar-refractivity contribution is 5.47. The van der Waals surface area contributed by atoms with Crippen molar-refractivity contribution in [2.75, 3.05) is 13.2 Å². The van der Waals surface area contributed by atoms with Crippen LogP contribution in [0, 0.1) is 0 Å². The number of hydrogen-bond donors (Lipinski definition) is 1. The van der Waals surface area contributed by atoms with Gasteiger partial charge in [-0.05, 0) is 17.7 Å². The van der Waals surface area contributed by atoms with Crippen molar-refractivity contribution in [1.82, 2.24) is 10.3 Å². The molecule has 0 bridgehead atoms. The Morgan fingerprint density at radius 3 is 2.90 bits per heavy atom. The minimum Gasteiger partial charge on any atom is -0.490 e. The normalized spacial score (nSPS) is 13.8. The quantitative estimate of drug-likeness (QED) is 0.927. The van der Waals surface area contributed by atoms with E-state index in [0.29, 0.717) is 6.61 Å². The zero-order valence-corrected chi connectivity index (χ0v) is 11.3. The highest BCUT2D eigenvalue weighted by Gasteiger charge is 2.13. The SMILES string of the molecule is c1cncc(CNCc2cccc3c2OCCCO3)c1. The van der Waals surface area contributed by atoms with E-state index in [9.17, 15) is 0 Å². The summed E-state index contributed by atoms with van der Waals surface area (Å²) in [5.74, 6) is 1.73. The van der Waals surface area contributed by atoms with Crippen LogP contribution in [-0.4, -0.2) is 18.2 Å². The van der Waals surface area contributed by atoms with E-state index in [0.717, 1.165) is 43.2 Å². The number of rotatable bonds is 4. The van der Waals surface area contributed by atoms with Gasteiger partial charge < -0.3 is 14.8 Å². The van der Waals surface area contributed by atoms with E-state index in [-0.39, 0.29) is 0 Å². The molecule has 0 aliphatic carbocycles. The van der Waals surface area contributed by atoms with Gasteiger partial charge in [0.2, 0.25) is 0 Å². The van der Waals surface area contributed by atoms with Crippen molar-refractivity contribution < 1.29 is 9.47 Å². The van der Waals surface area contributed by atoms with E-state index in [1.165, 1.54) is 5.56 Å². The maximum absolute atomic E-state index is 5.80. The lowest BCUT2D eigenvalue weighted by atomic mass is 10.1. The molecule has 20 heavy (non-hydrogen) atoms. The highest BCUT2D eigenvalue weighted by atomic mass is 16.5. The maximum atomic E-state index is 5.80. The fraction of sp³-hybridized carbons (Fsp3) is 0.312. The van der Waals surface area contributed by atoms with Gasteiger partial charge in [0.15, 0.2) is 11.5 Å². The lowest BCUT2D eigenvalue weighted by Crippen LogP contribution is -2.13. The van der Waals surface area contributed by atoms with Crippen LogP contribution in [0.3, 0.4) is 0 Å². The predicted octanol–water partition coefficient (Wildman–Crippen LogP) is 2.53. The molecule has 0 radical (unpaired) electrons. The fourth-order valence-electron chi connectivity index (χ4n) is 2.24. The zero-order valence-electron chi connectivity index (χ0n) is 11.3. The molecule has 2 heterocycles. The Balaban J connectivity index is 1.66. The number of aromatic nitrogens is 1. The Labute approximate surface area is 118 Å². The van der Waals surface area contributed by atoms with Gasteiger partial charge >= 0.3 is 0 Å². The first-order chi connectivity index (χ1) is 9.93. The average molecular weight is 270 g/mol. The van der Waals surface area contributed by atoms with E-state index < -0.39 is 0 Å². The minimum atomic E-state index is 0.715. The van der Waals surface area contributed by atoms with Crippen LogP contribution in [-0.2, 0) is 13.1 Å². The summed E-state index contributed by atoms with van der Waals surface area (Å²) in [6.45, 7) is 2.98. The van der Waals surface area contributed by atoms with Gasteiger partial charge in [-0.1, -0.05) is 18.2 Å². The molecule has 0 saturated heterocycles. The molecule has 0 saturated carbocycles. The summed E-state index contributed by atoms with van der Waals surface area (Å²) in [5, 5.41) is 3.41. The molecule has 1 N–H and O–H groups in total. The molecular formula is C16H18N2O2. The number of nitrogens with one attached hydrogen (secondary N) is 1. The summed E-state index contributed by atoms with van der Waals surface area (Å²) < 4.78 is 11.5. The second-order valence-corrected chi connectivity index (χ2v) is 4.76. The highest BCUT2D eigenvalue weighted by Crippen LogP contribution is 2.33. The monoisotopic (exact) mass is 270 g/mol. The molecule has 3 rings (SSSR count). The Morgan fingerprint density at radius 1 is 1.05 bits per heavy atom. The first-order valence-electron chi connectivity index (χ1n) is 6.90. The molecule has 1 aromatic heterocycles. The van der Waals surface area contributed by atoms with Gasteiger partial charge in [0.25, 0.3) is 0 Å². The lowest BCUT2D eigenvalue weighted by Gasteiger charge is -2.13. The van der Waals surface area contributed by atoms with Crippen LogP contribution >= 0.6 is 0 Å². The lowest BCUT2D eigenvalue weighted by molar-refractivity contribution is 0.296. The summed E-state index contributed by atoms with van der Waals surface area (Å²) in [6.07, 6.45) is 4.58. The van der Waals surface area contributed by atoms with Gasteiger partial charge in [0.05, 0.1) is 13.2 Å². The largest absolute Gasteiger partial charge is 0.490 e. The smallest absolute Gasteiger partial charge is 0.165 e. The number of nitrogens with zero attached hydrogens (tertiary/aromatic N) is 1. The Hall–Kier alpha value is -2.07. The molecule has 0 atom stereocenters. The number of ether oxygens (including phenoxy) is 2. The minimum absolute atomic E-state index is 0.715. The fourth-order valence-corrected chi connectivity index (χ4v) is 2.24. The molecule has 2 aromatic rings. The van der Waals surface area contributed by atoms with Gasteiger partial charge in [-0.2, -0.15) is 0 Å². The van der Waals surface area contributed by atoms with Crippen LogP contribution in [0.2, 0.25) is 0 Å². The first-order valence-corrected chi connectivity index (χ1v) is 6.90. The van der Waals surface area contributed by atoms with E-state index in [2.05, 4.69) is 22.4 Å². The summed E-state index contributed by atoms with van der Waals surface area (Å²) in [5.41, 5.74) is 2.31. The van der Waals surface area contributed by atoms with E-state index >= 15 is 0 Å². The van der Waals surface area contributed by atoms with Gasteiger partial charge in [-0.25, -0.2) is 0 Å². The molecular weight excluding hydrogens is 252 g/mol. The van der Waals surface area contributed by atoms with Crippen molar-refractivity contribution in [3.05, 3.63) is 53.9 Å². The number of hydrogen-bond acceptors (Lipinski definition) is 4. The van der Waals surface area contributed by atoms with Crippen molar-refractivity contribution >= 4 is 0 Å². The van der Waals surface area contributed by atoms with Crippen molar-refractivity contribution in [1.29, 1.82) is 0 Å². The van der Waals surface area contributed by atoms with Crippen LogP contribution in [0.4, 0.5) is 0 Å². The predicted molar refractivity (Wildman–Crippen MR) is 76.8 cm³/mol. The second-order valence-electron chi connectivity index (χ2n) is 4.76. The van der Waals surface area contributed by atoms with Crippen LogP contribution in [0.1, 0.15) is 17.5 Å². The Morgan fingerprint density at radius 2 is 2.00 bits per heavy atom. The molecule has 4 heteroatoms. The second kappa shape index (κ2) is 6.39. The van der Waals surface area contributed by atoms with Crippen molar-refractivity contribution in [3.63, 3.8) is 0 Å². The third-order valence-corrected chi connectivity index (χ3v) is 3.22. The van der Waals surface area contributed by atoms with Crippen LogP contribution in [0.25, 0.3) is 0 Å². The van der Waals surface area contributed by atoms with Crippen molar-refractivity contribution in [3.8, 4) is 11.5 Å². The summed E-state index contributed by atoms with van der Waals surface area (Å²) in [7, 11) is 0. The Bertz CT molecular complexity index is 558. The average Bonchev–Trinajstić information content (AvgIpc) is 2.74. The van der Waals surface area contributed by atoms with Crippen LogP contribution in [0.5, 0.6) is 11.5 Å². The maximum Gasteiger partial charge on any atom is 0.165 e. The number of pyridine rings is 1. The molecule has 4 nitrogen and oxygen atoms in total. The molecule has 1 aromatic carbocycles. The molecule has 1 aliphatic rings.